The van der Waals surface area contributed by atoms with Crippen LogP contribution in [0.2, 0.25) is 0 Å². The smallest absolute Gasteiger partial charge is 0.187 e. The van der Waals surface area contributed by atoms with Gasteiger partial charge in [-0.1, -0.05) is 0 Å². The van der Waals surface area contributed by atoms with Gasteiger partial charge in [-0.3, -0.25) is 0 Å². The fourth-order valence-corrected chi connectivity index (χ4v) is 0.810. The predicted molar refractivity (Wildman–Crippen MR) is 52.7 cm³/mol. The van der Waals surface area contributed by atoms with Gasteiger partial charge in [-0.2, -0.15) is 5.32 Å². The van der Waals surface area contributed by atoms with Crippen LogP contribution < -0.4 is 28.3 Å². The van der Waals surface area contributed by atoms with Crippen LogP contribution in [-0.2, 0) is 0 Å². The van der Waals surface area contributed by atoms with Crippen molar-refractivity contribution in [3.63, 3.8) is 0 Å². The molecule has 7 heteroatoms. The van der Waals surface area contributed by atoms with Gasteiger partial charge < -0.3 is 22.9 Å². The second-order valence-corrected chi connectivity index (χ2v) is 2.52. The van der Waals surface area contributed by atoms with E-state index < -0.39 is 0 Å². The van der Waals surface area contributed by atoms with E-state index in [1.165, 1.54) is 0 Å². The average Bonchev–Trinajstić information content (AvgIpc) is 1.80. The number of nitrogens with zero attached hydrogens (tertiary/aromatic N) is 3. The van der Waals surface area contributed by atoms with Crippen molar-refractivity contribution in [3.05, 3.63) is 0 Å². The van der Waals surface area contributed by atoms with Gasteiger partial charge in [0.15, 0.2) is 11.9 Å². The van der Waals surface area contributed by atoms with Gasteiger partial charge in [0.25, 0.3) is 0 Å². The van der Waals surface area contributed by atoms with Crippen molar-refractivity contribution in [1.82, 2.24) is 5.32 Å². The molecule has 0 aromatic heterocycles. The summed E-state index contributed by atoms with van der Waals surface area (Å²) >= 11 is 0. The molecule has 13 heavy (non-hydrogen) atoms. The summed E-state index contributed by atoms with van der Waals surface area (Å²) in [5.41, 5.74) is 20.6. The highest BCUT2D eigenvalue weighted by molar-refractivity contribution is 5.76. The number of aliphatic imine (C=N–C) groups is 2. The Bertz CT molecular complexity index is 179. The molecule has 2 unspecified atom stereocenters. The van der Waals surface area contributed by atoms with Crippen LogP contribution in [0, 0.1) is 0 Å². The zero-order chi connectivity index (χ0) is 10.4. The van der Waals surface area contributed by atoms with Gasteiger partial charge >= 0.3 is 0 Å². The van der Waals surface area contributed by atoms with Gasteiger partial charge in [-0.15, -0.1) is 0 Å². The summed E-state index contributed by atoms with van der Waals surface area (Å²) in [5, 5.41) is 4.06. The normalized spacial score (nSPS) is 14.3. The Labute approximate surface area is 77.3 Å². The summed E-state index contributed by atoms with van der Waals surface area (Å²) in [4.78, 5) is 7.56. The van der Waals surface area contributed by atoms with Crippen LogP contribution in [0.5, 0.6) is 0 Å². The molecular formula is C6H16N7. The third-order valence-electron chi connectivity index (χ3n) is 1.10. The molecule has 0 aliphatic rings. The van der Waals surface area contributed by atoms with Crippen molar-refractivity contribution in [2.75, 3.05) is 0 Å². The molecule has 7 nitrogen and oxygen atoms in total. The molecule has 0 spiro atoms. The highest BCUT2D eigenvalue weighted by Gasteiger charge is 2.06. The molecule has 2 atom stereocenters. The minimum atomic E-state index is -0.344. The molecule has 8 N–H and O–H groups in total. The third kappa shape index (κ3) is 6.88. The highest BCUT2D eigenvalue weighted by atomic mass is 15.2. The van der Waals surface area contributed by atoms with E-state index in [0.717, 1.165) is 0 Å². The Balaban J connectivity index is 3.99. The molecule has 0 saturated carbocycles. The summed E-state index contributed by atoms with van der Waals surface area (Å²) in [5.74, 6) is -0.0127. The molecule has 0 heterocycles. The largest absolute Gasteiger partial charge is 0.370 e. The van der Waals surface area contributed by atoms with Crippen molar-refractivity contribution >= 4 is 11.9 Å². The first-order valence-corrected chi connectivity index (χ1v) is 3.79. The lowest BCUT2D eigenvalue weighted by molar-refractivity contribution is 0.478. The van der Waals surface area contributed by atoms with Crippen LogP contribution in [0.15, 0.2) is 9.98 Å². The molecule has 0 aromatic carbocycles. The van der Waals surface area contributed by atoms with Crippen molar-refractivity contribution in [2.24, 2.45) is 32.9 Å². The minimum Gasteiger partial charge on any atom is -0.370 e. The molecule has 0 amide bonds. The fraction of sp³-hybridized carbons (Fsp3) is 0.667. The first-order chi connectivity index (χ1) is 5.91. The molecule has 0 rings (SSSR count). The van der Waals surface area contributed by atoms with Gasteiger partial charge in [0.2, 0.25) is 0 Å². The first kappa shape index (κ1) is 11.5. The quantitative estimate of drug-likeness (QED) is 0.292. The van der Waals surface area contributed by atoms with E-state index in [4.69, 9.17) is 22.9 Å². The van der Waals surface area contributed by atoms with E-state index in [1.807, 2.05) is 0 Å². The molecule has 1 radical (unpaired) electrons. The van der Waals surface area contributed by atoms with Gasteiger partial charge in [-0.25, -0.2) is 9.98 Å². The molecule has 0 fully saturated rings. The van der Waals surface area contributed by atoms with E-state index in [-0.39, 0.29) is 24.3 Å². The summed E-state index contributed by atoms with van der Waals surface area (Å²) in [6.07, 6.45) is -0.689. The highest BCUT2D eigenvalue weighted by Crippen LogP contribution is 1.92. The summed E-state index contributed by atoms with van der Waals surface area (Å²) in [6.45, 7) is 3.47. The molecule has 75 valence electrons. The summed E-state index contributed by atoms with van der Waals surface area (Å²) in [6, 6.07) is 0. The lowest BCUT2D eigenvalue weighted by atomic mass is 10.5. The van der Waals surface area contributed by atoms with Gasteiger partial charge in [-0.05, 0) is 13.8 Å². The van der Waals surface area contributed by atoms with Crippen LogP contribution in [0.1, 0.15) is 13.8 Å². The Morgan fingerprint density at radius 3 is 1.38 bits per heavy atom. The number of rotatable bonds is 4. The van der Waals surface area contributed by atoms with Crippen LogP contribution in [0.4, 0.5) is 0 Å². The molecule has 0 bridgehead atoms. The fourth-order valence-electron chi connectivity index (χ4n) is 0.810. The van der Waals surface area contributed by atoms with Gasteiger partial charge in [0, 0.05) is 0 Å². The zero-order valence-corrected chi connectivity index (χ0v) is 7.81. The lowest BCUT2D eigenvalue weighted by Crippen LogP contribution is -2.33. The van der Waals surface area contributed by atoms with Crippen molar-refractivity contribution < 1.29 is 0 Å². The Morgan fingerprint density at radius 1 is 0.846 bits per heavy atom. The lowest BCUT2D eigenvalue weighted by Gasteiger charge is -2.10. The van der Waals surface area contributed by atoms with Crippen LogP contribution in [0.25, 0.3) is 0 Å². The van der Waals surface area contributed by atoms with E-state index in [1.54, 1.807) is 13.8 Å². The van der Waals surface area contributed by atoms with Gasteiger partial charge in [0.05, 0.1) is 0 Å². The van der Waals surface area contributed by atoms with E-state index in [2.05, 4.69) is 15.3 Å². The number of hydrogen-bond acceptors (Lipinski definition) is 2. The number of guanidine groups is 2. The van der Waals surface area contributed by atoms with Crippen molar-refractivity contribution in [3.8, 4) is 0 Å². The number of hydrogen-bond donors (Lipinski definition) is 4. The topological polar surface area (TPSA) is 143 Å². The van der Waals surface area contributed by atoms with E-state index in [0.29, 0.717) is 0 Å². The van der Waals surface area contributed by atoms with E-state index in [9.17, 15) is 0 Å². The maximum atomic E-state index is 5.15. The SMILES string of the molecule is CC([N]C(C)N=C(N)N)N=C(N)N. The summed E-state index contributed by atoms with van der Waals surface area (Å²) < 4.78 is 0. The van der Waals surface area contributed by atoms with Crippen molar-refractivity contribution in [2.45, 2.75) is 26.2 Å². The van der Waals surface area contributed by atoms with Crippen LogP contribution in [-0.4, -0.2) is 24.3 Å². The standard InChI is InChI=1S/C6H16N7/c1-3(12-5(7)8)11-4(2)13-6(9)10/h3-4H,1-2H3,(H4,7,8,12)(H4,9,10,13). The molecular weight excluding hydrogens is 170 g/mol. The second-order valence-electron chi connectivity index (χ2n) is 2.52. The van der Waals surface area contributed by atoms with Crippen LogP contribution in [0.3, 0.4) is 0 Å². The molecule has 0 aliphatic heterocycles. The monoisotopic (exact) mass is 186 g/mol. The predicted octanol–water partition coefficient (Wildman–Crippen LogP) is -2.17. The Morgan fingerprint density at radius 2 is 1.15 bits per heavy atom. The molecule has 0 aliphatic carbocycles. The van der Waals surface area contributed by atoms with Crippen molar-refractivity contribution in [1.29, 1.82) is 0 Å². The maximum Gasteiger partial charge on any atom is 0.187 e. The van der Waals surface area contributed by atoms with E-state index >= 15 is 0 Å². The molecule has 0 aromatic rings. The summed E-state index contributed by atoms with van der Waals surface area (Å²) in [7, 11) is 0. The first-order valence-electron chi connectivity index (χ1n) is 3.79. The molecule has 0 saturated heterocycles. The maximum absolute atomic E-state index is 5.15. The zero-order valence-electron chi connectivity index (χ0n) is 7.81. The Hall–Kier alpha value is -1.50. The Kier molecular flexibility index (Phi) is 4.60. The second kappa shape index (κ2) is 5.20. The average molecular weight is 186 g/mol. The van der Waals surface area contributed by atoms with Gasteiger partial charge in [0.1, 0.15) is 12.3 Å². The number of nitrogens with two attached hydrogens (primary N) is 4. The van der Waals surface area contributed by atoms with Crippen LogP contribution >= 0.6 is 0 Å². The third-order valence-corrected chi connectivity index (χ3v) is 1.10. The minimum absolute atomic E-state index is 0.00634.